The van der Waals surface area contributed by atoms with Crippen LogP contribution in [0.15, 0.2) is 0 Å². The van der Waals surface area contributed by atoms with E-state index in [2.05, 4.69) is 5.43 Å². The molecule has 0 radical (unpaired) electrons. The SMILES string of the molecule is CCCCN(N[C@@H](CC(C)C)C(=O)O)C(=O)C=O. The van der Waals surface area contributed by atoms with Gasteiger partial charge in [0, 0.05) is 6.54 Å². The summed E-state index contributed by atoms with van der Waals surface area (Å²) in [7, 11) is 0. The van der Waals surface area contributed by atoms with Crippen LogP contribution < -0.4 is 5.43 Å². The molecule has 2 N–H and O–H groups in total. The molecule has 0 saturated carbocycles. The number of unbranched alkanes of at least 4 members (excludes halogenated alkanes) is 1. The summed E-state index contributed by atoms with van der Waals surface area (Å²) in [5.41, 5.74) is 2.62. The van der Waals surface area contributed by atoms with E-state index in [0.717, 1.165) is 11.4 Å². The number of aliphatic carboxylic acids is 1. The summed E-state index contributed by atoms with van der Waals surface area (Å²) in [6, 6.07) is -0.856. The van der Waals surface area contributed by atoms with E-state index in [-0.39, 0.29) is 12.2 Å². The Morgan fingerprint density at radius 2 is 2.00 bits per heavy atom. The number of carbonyl (C=O) groups excluding carboxylic acids is 2. The summed E-state index contributed by atoms with van der Waals surface area (Å²) in [4.78, 5) is 32.9. The number of amides is 1. The summed E-state index contributed by atoms with van der Waals surface area (Å²) in [6.07, 6.45) is 2.15. The van der Waals surface area contributed by atoms with Gasteiger partial charge in [-0.05, 0) is 18.8 Å². The zero-order valence-electron chi connectivity index (χ0n) is 11.2. The third kappa shape index (κ3) is 6.34. The molecule has 6 heteroatoms. The average Bonchev–Trinajstić information content (AvgIpc) is 2.31. The van der Waals surface area contributed by atoms with Crippen LogP contribution in [0.1, 0.15) is 40.0 Å². The van der Waals surface area contributed by atoms with Gasteiger partial charge in [-0.2, -0.15) is 0 Å². The van der Waals surface area contributed by atoms with E-state index < -0.39 is 17.9 Å². The number of carboxylic acids is 1. The van der Waals surface area contributed by atoms with Crippen LogP contribution in [0.25, 0.3) is 0 Å². The highest BCUT2D eigenvalue weighted by molar-refractivity contribution is 6.23. The van der Waals surface area contributed by atoms with Gasteiger partial charge in [0.2, 0.25) is 6.29 Å². The van der Waals surface area contributed by atoms with Gasteiger partial charge in [0.15, 0.2) is 0 Å². The van der Waals surface area contributed by atoms with Crippen molar-refractivity contribution in [3.8, 4) is 0 Å². The maximum atomic E-state index is 11.4. The molecular formula is C12H22N2O4. The fourth-order valence-corrected chi connectivity index (χ4v) is 1.49. The van der Waals surface area contributed by atoms with E-state index in [9.17, 15) is 14.4 Å². The van der Waals surface area contributed by atoms with Crippen molar-refractivity contribution in [1.82, 2.24) is 10.4 Å². The van der Waals surface area contributed by atoms with Crippen molar-refractivity contribution in [2.75, 3.05) is 6.54 Å². The summed E-state index contributed by atoms with van der Waals surface area (Å²) >= 11 is 0. The second-order valence-electron chi connectivity index (χ2n) is 4.61. The number of aldehydes is 1. The van der Waals surface area contributed by atoms with E-state index in [1.165, 1.54) is 0 Å². The van der Waals surface area contributed by atoms with E-state index >= 15 is 0 Å². The van der Waals surface area contributed by atoms with Crippen LogP contribution >= 0.6 is 0 Å². The number of hydrazine groups is 1. The maximum Gasteiger partial charge on any atom is 0.322 e. The maximum absolute atomic E-state index is 11.4. The predicted molar refractivity (Wildman–Crippen MR) is 66.7 cm³/mol. The first-order valence-corrected chi connectivity index (χ1v) is 6.18. The lowest BCUT2D eigenvalue weighted by atomic mass is 10.0. The minimum absolute atomic E-state index is 0.179. The Balaban J connectivity index is 4.62. The Morgan fingerprint density at radius 3 is 2.39 bits per heavy atom. The zero-order valence-corrected chi connectivity index (χ0v) is 11.2. The zero-order chi connectivity index (χ0) is 14.1. The van der Waals surface area contributed by atoms with Gasteiger partial charge in [-0.3, -0.25) is 19.4 Å². The Bertz CT molecular complexity index is 292. The molecule has 0 aliphatic rings. The fraction of sp³-hybridized carbons (Fsp3) is 0.750. The molecule has 0 aliphatic heterocycles. The molecule has 18 heavy (non-hydrogen) atoms. The van der Waals surface area contributed by atoms with Gasteiger partial charge in [-0.25, -0.2) is 5.43 Å². The number of rotatable bonds is 9. The van der Waals surface area contributed by atoms with Gasteiger partial charge in [0.1, 0.15) is 6.04 Å². The van der Waals surface area contributed by atoms with Crippen molar-refractivity contribution in [1.29, 1.82) is 0 Å². The Hall–Kier alpha value is -1.43. The van der Waals surface area contributed by atoms with Gasteiger partial charge in [0.05, 0.1) is 0 Å². The number of carbonyl (C=O) groups is 3. The molecule has 0 heterocycles. The van der Waals surface area contributed by atoms with Crippen LogP contribution in [0.3, 0.4) is 0 Å². The standard InChI is InChI=1S/C12H22N2O4/c1-4-5-6-14(11(16)8-15)13-10(12(17)18)7-9(2)3/h8-10,13H,4-7H2,1-3H3,(H,17,18)/t10-/m0/s1. The van der Waals surface area contributed by atoms with Crippen molar-refractivity contribution < 1.29 is 19.5 Å². The van der Waals surface area contributed by atoms with Crippen LogP contribution in [0, 0.1) is 5.92 Å². The summed E-state index contributed by atoms with van der Waals surface area (Å²) in [5, 5.41) is 10.2. The van der Waals surface area contributed by atoms with Crippen molar-refractivity contribution in [2.24, 2.45) is 5.92 Å². The molecule has 0 fully saturated rings. The molecule has 0 aliphatic carbocycles. The highest BCUT2D eigenvalue weighted by Crippen LogP contribution is 2.06. The molecule has 0 bridgehead atoms. The quantitative estimate of drug-likeness (QED) is 0.363. The van der Waals surface area contributed by atoms with Crippen LogP contribution in [0.5, 0.6) is 0 Å². The smallest absolute Gasteiger partial charge is 0.322 e. The number of nitrogens with zero attached hydrogens (tertiary/aromatic N) is 1. The van der Waals surface area contributed by atoms with Crippen molar-refractivity contribution in [3.05, 3.63) is 0 Å². The Labute approximate surface area is 107 Å². The van der Waals surface area contributed by atoms with E-state index in [1.54, 1.807) is 0 Å². The Morgan fingerprint density at radius 1 is 1.39 bits per heavy atom. The lowest BCUT2D eigenvalue weighted by Gasteiger charge is -2.26. The second-order valence-corrected chi connectivity index (χ2v) is 4.61. The van der Waals surface area contributed by atoms with Gasteiger partial charge in [-0.15, -0.1) is 0 Å². The van der Waals surface area contributed by atoms with Gasteiger partial charge in [0.25, 0.3) is 0 Å². The fourth-order valence-electron chi connectivity index (χ4n) is 1.49. The number of hydrogen-bond acceptors (Lipinski definition) is 4. The first-order valence-electron chi connectivity index (χ1n) is 6.18. The topological polar surface area (TPSA) is 86.7 Å². The van der Waals surface area contributed by atoms with E-state index in [4.69, 9.17) is 5.11 Å². The van der Waals surface area contributed by atoms with E-state index in [0.29, 0.717) is 19.4 Å². The van der Waals surface area contributed by atoms with Crippen LogP contribution in [0.2, 0.25) is 0 Å². The van der Waals surface area contributed by atoms with Crippen molar-refractivity contribution >= 4 is 18.2 Å². The van der Waals surface area contributed by atoms with Crippen LogP contribution in [-0.2, 0) is 14.4 Å². The van der Waals surface area contributed by atoms with E-state index in [1.807, 2.05) is 20.8 Å². The molecule has 6 nitrogen and oxygen atoms in total. The summed E-state index contributed by atoms with van der Waals surface area (Å²) in [6.45, 7) is 6.08. The van der Waals surface area contributed by atoms with Crippen molar-refractivity contribution in [3.63, 3.8) is 0 Å². The highest BCUT2D eigenvalue weighted by Gasteiger charge is 2.23. The van der Waals surface area contributed by atoms with Crippen LogP contribution in [0.4, 0.5) is 0 Å². The van der Waals surface area contributed by atoms with Gasteiger partial charge >= 0.3 is 11.9 Å². The number of hydrogen-bond donors (Lipinski definition) is 2. The molecule has 104 valence electrons. The largest absolute Gasteiger partial charge is 0.480 e. The Kier molecular flexibility index (Phi) is 7.94. The molecule has 0 spiro atoms. The molecule has 0 unspecified atom stereocenters. The number of nitrogens with one attached hydrogen (secondary N) is 1. The minimum atomic E-state index is -1.02. The third-order valence-corrected chi connectivity index (χ3v) is 2.42. The third-order valence-electron chi connectivity index (χ3n) is 2.42. The lowest BCUT2D eigenvalue weighted by Crippen LogP contribution is -2.52. The van der Waals surface area contributed by atoms with Gasteiger partial charge < -0.3 is 5.11 Å². The lowest BCUT2D eigenvalue weighted by molar-refractivity contribution is -0.147. The second kappa shape index (κ2) is 8.63. The highest BCUT2D eigenvalue weighted by atomic mass is 16.4. The first-order chi connectivity index (χ1) is 8.42. The average molecular weight is 258 g/mol. The summed E-state index contributed by atoms with van der Waals surface area (Å²) < 4.78 is 0. The molecule has 0 aromatic rings. The van der Waals surface area contributed by atoms with Crippen molar-refractivity contribution in [2.45, 2.75) is 46.1 Å². The number of carboxylic acid groups (broad SMARTS) is 1. The van der Waals surface area contributed by atoms with Crippen LogP contribution in [-0.4, -0.2) is 40.9 Å². The molecular weight excluding hydrogens is 236 g/mol. The molecule has 0 rings (SSSR count). The molecule has 0 aromatic heterocycles. The summed E-state index contributed by atoms with van der Waals surface area (Å²) in [5.74, 6) is -1.58. The first kappa shape index (κ1) is 16.6. The normalized spacial score (nSPS) is 12.2. The molecule has 1 amide bonds. The molecule has 0 saturated heterocycles. The molecule has 1 atom stereocenters. The monoisotopic (exact) mass is 258 g/mol. The predicted octanol–water partition coefficient (Wildman–Crippen LogP) is 0.818. The van der Waals surface area contributed by atoms with Gasteiger partial charge in [-0.1, -0.05) is 27.2 Å². The minimum Gasteiger partial charge on any atom is -0.480 e. The molecule has 0 aromatic carbocycles.